The van der Waals surface area contributed by atoms with Crippen LogP contribution in [0.5, 0.6) is 0 Å². The molecule has 14 heavy (non-hydrogen) atoms. The first-order valence-electron chi connectivity index (χ1n) is 6.15. The van der Waals surface area contributed by atoms with Crippen LogP contribution in [0.4, 0.5) is 0 Å². The Labute approximate surface area is 86.2 Å². The smallest absolute Gasteiger partial charge is 0.0469 e. The maximum atomic E-state index is 6.66. The first-order chi connectivity index (χ1) is 6.79. The summed E-state index contributed by atoms with van der Waals surface area (Å²) in [6.45, 7) is 1.89. The number of fused-ring (bicyclic) bond motifs is 2. The van der Waals surface area contributed by atoms with Crippen molar-refractivity contribution in [3.8, 4) is 0 Å². The zero-order valence-electron chi connectivity index (χ0n) is 8.87. The molecule has 3 unspecified atom stereocenters. The summed E-state index contributed by atoms with van der Waals surface area (Å²) in [5.74, 6) is 2.56. The van der Waals surface area contributed by atoms with Gasteiger partial charge in [0.15, 0.2) is 0 Å². The second-order valence-electron chi connectivity index (χ2n) is 5.58. The van der Waals surface area contributed by atoms with Crippen LogP contribution < -0.4 is 5.73 Å². The van der Waals surface area contributed by atoms with E-state index in [1.807, 2.05) is 0 Å². The molecule has 0 spiro atoms. The Morgan fingerprint density at radius 2 is 1.79 bits per heavy atom. The first kappa shape index (κ1) is 9.17. The maximum absolute atomic E-state index is 6.66. The molecule has 3 atom stereocenters. The molecule has 0 aromatic carbocycles. The maximum Gasteiger partial charge on any atom is 0.0469 e. The lowest BCUT2D eigenvalue weighted by Gasteiger charge is -2.42. The molecular weight excluding hydrogens is 174 g/mol. The predicted octanol–water partition coefficient (Wildman–Crippen LogP) is 1.93. The van der Waals surface area contributed by atoms with Crippen molar-refractivity contribution in [3.05, 3.63) is 0 Å². The largest absolute Gasteiger partial charge is 0.381 e. The lowest BCUT2D eigenvalue weighted by Crippen LogP contribution is -2.53. The molecule has 1 aliphatic heterocycles. The minimum Gasteiger partial charge on any atom is -0.381 e. The van der Waals surface area contributed by atoms with Crippen molar-refractivity contribution in [1.82, 2.24) is 0 Å². The van der Waals surface area contributed by atoms with Crippen molar-refractivity contribution in [3.63, 3.8) is 0 Å². The van der Waals surface area contributed by atoms with Crippen LogP contribution in [0.15, 0.2) is 0 Å². The summed E-state index contributed by atoms with van der Waals surface area (Å²) in [5, 5.41) is 0. The number of hydrogen-bond donors (Lipinski definition) is 1. The van der Waals surface area contributed by atoms with Gasteiger partial charge in [-0.25, -0.2) is 0 Å². The normalized spacial score (nSPS) is 48.6. The van der Waals surface area contributed by atoms with E-state index < -0.39 is 0 Å². The second-order valence-corrected chi connectivity index (χ2v) is 5.58. The van der Waals surface area contributed by atoms with Crippen molar-refractivity contribution in [2.24, 2.45) is 23.5 Å². The molecule has 0 radical (unpaired) electrons. The van der Waals surface area contributed by atoms with Crippen LogP contribution in [0.3, 0.4) is 0 Å². The van der Waals surface area contributed by atoms with Crippen LogP contribution in [-0.2, 0) is 4.74 Å². The fourth-order valence-corrected chi connectivity index (χ4v) is 4.15. The van der Waals surface area contributed by atoms with Crippen LogP contribution >= 0.6 is 0 Å². The van der Waals surface area contributed by atoms with Gasteiger partial charge in [-0.1, -0.05) is 6.42 Å². The highest BCUT2D eigenvalue weighted by molar-refractivity contribution is 5.07. The first-order valence-corrected chi connectivity index (χ1v) is 6.15. The summed E-state index contributed by atoms with van der Waals surface area (Å²) in [7, 11) is 0. The molecule has 2 N–H and O–H groups in total. The molecule has 3 fully saturated rings. The van der Waals surface area contributed by atoms with E-state index in [4.69, 9.17) is 10.5 Å². The monoisotopic (exact) mass is 195 g/mol. The summed E-state index contributed by atoms with van der Waals surface area (Å²) in [5.41, 5.74) is 6.86. The molecule has 0 aromatic heterocycles. The van der Waals surface area contributed by atoms with Crippen LogP contribution in [0, 0.1) is 17.8 Å². The highest BCUT2D eigenvalue weighted by Gasteiger charge is 2.52. The summed E-state index contributed by atoms with van der Waals surface area (Å²) in [6.07, 6.45) is 8.00. The lowest BCUT2D eigenvalue weighted by atomic mass is 9.70. The quantitative estimate of drug-likeness (QED) is 0.694. The second kappa shape index (κ2) is 3.21. The van der Waals surface area contributed by atoms with Gasteiger partial charge in [0, 0.05) is 18.8 Å². The molecule has 2 bridgehead atoms. The van der Waals surface area contributed by atoms with E-state index in [0.717, 1.165) is 31.0 Å². The Kier molecular flexibility index (Phi) is 2.10. The Hall–Kier alpha value is -0.0800. The van der Waals surface area contributed by atoms with Crippen LogP contribution in [0.1, 0.15) is 38.5 Å². The van der Waals surface area contributed by atoms with E-state index >= 15 is 0 Å². The third-order valence-corrected chi connectivity index (χ3v) is 4.92. The Morgan fingerprint density at radius 3 is 2.36 bits per heavy atom. The molecule has 1 heterocycles. The molecule has 1 saturated heterocycles. The molecule has 2 heteroatoms. The van der Waals surface area contributed by atoms with E-state index in [0.29, 0.717) is 0 Å². The van der Waals surface area contributed by atoms with E-state index in [2.05, 4.69) is 0 Å². The summed E-state index contributed by atoms with van der Waals surface area (Å²) >= 11 is 0. The summed E-state index contributed by atoms with van der Waals surface area (Å²) in [6, 6.07) is 0. The van der Waals surface area contributed by atoms with Crippen LogP contribution in [0.25, 0.3) is 0 Å². The highest BCUT2D eigenvalue weighted by Crippen LogP contribution is 2.53. The molecular formula is C12H21NO. The molecule has 0 amide bonds. The van der Waals surface area contributed by atoms with Crippen molar-refractivity contribution in [1.29, 1.82) is 0 Å². The molecule has 3 rings (SSSR count). The number of nitrogens with two attached hydrogens (primary N) is 1. The fraction of sp³-hybridized carbons (Fsp3) is 1.00. The van der Waals surface area contributed by atoms with Gasteiger partial charge in [0.05, 0.1) is 0 Å². The van der Waals surface area contributed by atoms with Gasteiger partial charge in [-0.15, -0.1) is 0 Å². The highest BCUT2D eigenvalue weighted by atomic mass is 16.5. The number of ether oxygens (including phenoxy) is 1. The molecule has 0 aromatic rings. The standard InChI is InChI=1S/C12H21NO/c13-12(10-3-5-14-6-4-10)8-9-1-2-11(12)7-9/h9-11H,1-8,13H2. The predicted molar refractivity (Wildman–Crippen MR) is 55.9 cm³/mol. The third-order valence-electron chi connectivity index (χ3n) is 4.92. The van der Waals surface area contributed by atoms with Crippen molar-refractivity contribution < 1.29 is 4.74 Å². The fourth-order valence-electron chi connectivity index (χ4n) is 4.15. The average molecular weight is 195 g/mol. The summed E-state index contributed by atoms with van der Waals surface area (Å²) < 4.78 is 5.43. The van der Waals surface area contributed by atoms with Gasteiger partial charge >= 0.3 is 0 Å². The molecule has 2 aliphatic carbocycles. The topological polar surface area (TPSA) is 35.2 Å². The minimum atomic E-state index is 0.201. The zero-order valence-corrected chi connectivity index (χ0v) is 8.87. The van der Waals surface area contributed by atoms with Crippen molar-refractivity contribution >= 4 is 0 Å². The van der Waals surface area contributed by atoms with E-state index in [9.17, 15) is 0 Å². The third kappa shape index (κ3) is 1.24. The SMILES string of the molecule is NC1(C2CCOCC2)CC2CCC1C2. The van der Waals surface area contributed by atoms with Gasteiger partial charge < -0.3 is 10.5 Å². The molecule has 2 nitrogen and oxygen atoms in total. The Balaban J connectivity index is 1.75. The average Bonchev–Trinajstić information content (AvgIpc) is 2.79. The van der Waals surface area contributed by atoms with Gasteiger partial charge in [-0.2, -0.15) is 0 Å². The van der Waals surface area contributed by atoms with Crippen molar-refractivity contribution in [2.75, 3.05) is 13.2 Å². The van der Waals surface area contributed by atoms with Gasteiger partial charge in [-0.3, -0.25) is 0 Å². The molecule has 2 saturated carbocycles. The van der Waals surface area contributed by atoms with Crippen LogP contribution in [0.2, 0.25) is 0 Å². The zero-order chi connectivity index (χ0) is 9.60. The molecule has 3 aliphatic rings. The number of hydrogen-bond acceptors (Lipinski definition) is 2. The number of rotatable bonds is 1. The summed E-state index contributed by atoms with van der Waals surface area (Å²) in [4.78, 5) is 0. The van der Waals surface area contributed by atoms with Crippen molar-refractivity contribution in [2.45, 2.75) is 44.1 Å². The van der Waals surface area contributed by atoms with Gasteiger partial charge in [-0.05, 0) is 49.9 Å². The van der Waals surface area contributed by atoms with Gasteiger partial charge in [0.2, 0.25) is 0 Å². The molecule has 80 valence electrons. The Bertz CT molecular complexity index is 224. The minimum absolute atomic E-state index is 0.201. The van der Waals surface area contributed by atoms with Gasteiger partial charge in [0.25, 0.3) is 0 Å². The van der Waals surface area contributed by atoms with Crippen LogP contribution in [-0.4, -0.2) is 18.8 Å². The van der Waals surface area contributed by atoms with Gasteiger partial charge in [0.1, 0.15) is 0 Å². The van der Waals surface area contributed by atoms with E-state index in [1.165, 1.54) is 38.5 Å². The Morgan fingerprint density at radius 1 is 1.00 bits per heavy atom. The lowest BCUT2D eigenvalue weighted by molar-refractivity contribution is 0.0230. The van der Waals surface area contributed by atoms with E-state index in [1.54, 1.807) is 0 Å². The van der Waals surface area contributed by atoms with E-state index in [-0.39, 0.29) is 5.54 Å².